The average molecular weight is 407 g/mol. The molecule has 4 rings (SSSR count). The van der Waals surface area contributed by atoms with Crippen molar-refractivity contribution in [1.82, 2.24) is 0 Å². The Kier molecular flexibility index (Phi) is 4.47. The molecular formula is C18H12Cl2N2OS2. The second kappa shape index (κ2) is 6.62. The van der Waals surface area contributed by atoms with E-state index in [4.69, 9.17) is 23.2 Å². The van der Waals surface area contributed by atoms with Crippen LogP contribution in [0.5, 0.6) is 0 Å². The van der Waals surface area contributed by atoms with E-state index in [-0.39, 0.29) is 5.91 Å². The topological polar surface area (TPSA) is 52.9 Å². The number of fused-ring (bicyclic) bond motifs is 2. The first-order valence-corrected chi connectivity index (χ1v) is 10.2. The van der Waals surface area contributed by atoms with Crippen LogP contribution in [0.2, 0.25) is 10.0 Å². The number of carbonyl (C=O) groups excluding carboxylic acids is 1. The lowest BCUT2D eigenvalue weighted by atomic mass is 9.96. The molecule has 0 unspecified atom stereocenters. The van der Waals surface area contributed by atoms with Crippen LogP contribution >= 0.6 is 45.9 Å². The van der Waals surface area contributed by atoms with Gasteiger partial charge in [-0.2, -0.15) is 5.26 Å². The molecule has 0 atom stereocenters. The molecular weight excluding hydrogens is 395 g/mol. The quantitative estimate of drug-likeness (QED) is 0.544. The first-order chi connectivity index (χ1) is 12.1. The molecule has 3 nitrogen and oxygen atoms in total. The van der Waals surface area contributed by atoms with Crippen LogP contribution in [0.15, 0.2) is 18.2 Å². The van der Waals surface area contributed by atoms with Crippen LogP contribution < -0.4 is 5.32 Å². The molecule has 0 aliphatic heterocycles. The maximum atomic E-state index is 12.8. The Balaban J connectivity index is 1.72. The minimum Gasteiger partial charge on any atom is -0.312 e. The van der Waals surface area contributed by atoms with Gasteiger partial charge in [0.05, 0.1) is 15.6 Å². The minimum atomic E-state index is -0.294. The number of hydrogen-bond acceptors (Lipinski definition) is 4. The summed E-state index contributed by atoms with van der Waals surface area (Å²) in [7, 11) is 0. The summed E-state index contributed by atoms with van der Waals surface area (Å²) >= 11 is 15.4. The Morgan fingerprint density at radius 2 is 2.00 bits per heavy atom. The second-order valence-electron chi connectivity index (χ2n) is 5.84. The number of aryl methyl sites for hydroxylation is 1. The van der Waals surface area contributed by atoms with Gasteiger partial charge < -0.3 is 5.32 Å². The summed E-state index contributed by atoms with van der Waals surface area (Å²) in [4.78, 5) is 14.4. The van der Waals surface area contributed by atoms with Crippen molar-refractivity contribution in [1.29, 1.82) is 5.26 Å². The number of benzene rings is 1. The predicted molar refractivity (Wildman–Crippen MR) is 105 cm³/mol. The van der Waals surface area contributed by atoms with Gasteiger partial charge in [0.2, 0.25) is 0 Å². The predicted octanol–water partition coefficient (Wildman–Crippen LogP) is 6.27. The zero-order chi connectivity index (χ0) is 17.6. The largest absolute Gasteiger partial charge is 0.312 e. The molecule has 0 fully saturated rings. The normalized spacial score (nSPS) is 13.5. The maximum Gasteiger partial charge on any atom is 0.267 e. The third-order valence-electron chi connectivity index (χ3n) is 4.32. The van der Waals surface area contributed by atoms with Gasteiger partial charge in [-0.3, -0.25) is 4.79 Å². The third-order valence-corrected chi connectivity index (χ3v) is 7.49. The monoisotopic (exact) mass is 406 g/mol. The summed E-state index contributed by atoms with van der Waals surface area (Å²) < 4.78 is 0.869. The van der Waals surface area contributed by atoms with Gasteiger partial charge in [0, 0.05) is 15.0 Å². The summed E-state index contributed by atoms with van der Waals surface area (Å²) in [5.74, 6) is -0.294. The molecule has 3 aromatic rings. The number of halogens is 2. The van der Waals surface area contributed by atoms with Gasteiger partial charge in [-0.1, -0.05) is 29.3 Å². The first kappa shape index (κ1) is 16.9. The van der Waals surface area contributed by atoms with Crippen molar-refractivity contribution in [3.8, 4) is 6.07 Å². The highest BCUT2D eigenvalue weighted by Crippen LogP contribution is 2.41. The average Bonchev–Trinajstić information content (AvgIpc) is 3.13. The van der Waals surface area contributed by atoms with E-state index in [1.807, 2.05) is 12.1 Å². The van der Waals surface area contributed by atoms with E-state index in [0.29, 0.717) is 30.9 Å². The standard InChI is InChI=1S/C18H12Cl2N2OS2/c19-11-5-3-7-13-14(11)15(20)16(24-13)17(23)22-18-10(8-21)9-4-1-2-6-12(9)25-18/h3,5,7H,1-2,4,6H2,(H,22,23). The zero-order valence-electron chi connectivity index (χ0n) is 13.0. The second-order valence-corrected chi connectivity index (χ2v) is 8.78. The fraction of sp³-hybridized carbons (Fsp3) is 0.222. The van der Waals surface area contributed by atoms with Crippen molar-refractivity contribution in [2.45, 2.75) is 25.7 Å². The fourth-order valence-corrected chi connectivity index (χ4v) is 6.23. The molecule has 7 heteroatoms. The molecule has 0 saturated carbocycles. The van der Waals surface area contributed by atoms with E-state index in [9.17, 15) is 10.1 Å². The van der Waals surface area contributed by atoms with E-state index in [2.05, 4.69) is 11.4 Å². The Labute approximate surface area is 162 Å². The van der Waals surface area contributed by atoms with E-state index < -0.39 is 0 Å². The Hall–Kier alpha value is -1.58. The fourth-order valence-electron chi connectivity index (χ4n) is 3.15. The Morgan fingerprint density at radius 3 is 2.76 bits per heavy atom. The molecule has 1 aromatic carbocycles. The van der Waals surface area contributed by atoms with Crippen molar-refractivity contribution in [2.24, 2.45) is 0 Å². The van der Waals surface area contributed by atoms with Gasteiger partial charge in [-0.15, -0.1) is 22.7 Å². The molecule has 1 amide bonds. The number of nitrogens with one attached hydrogen (secondary N) is 1. The van der Waals surface area contributed by atoms with Crippen molar-refractivity contribution in [2.75, 3.05) is 5.32 Å². The van der Waals surface area contributed by atoms with Gasteiger partial charge in [-0.05, 0) is 43.4 Å². The molecule has 1 N–H and O–H groups in total. The van der Waals surface area contributed by atoms with Gasteiger partial charge in [0.25, 0.3) is 5.91 Å². The van der Waals surface area contributed by atoms with Crippen LogP contribution in [-0.4, -0.2) is 5.91 Å². The Bertz CT molecular complexity index is 1050. The number of nitriles is 1. The molecule has 1 aliphatic rings. The van der Waals surface area contributed by atoms with Crippen molar-refractivity contribution in [3.63, 3.8) is 0 Å². The number of thiophene rings is 2. The minimum absolute atomic E-state index is 0.294. The number of anilines is 1. The van der Waals surface area contributed by atoms with E-state index in [1.54, 1.807) is 6.07 Å². The zero-order valence-corrected chi connectivity index (χ0v) is 16.1. The number of carbonyl (C=O) groups is 1. The van der Waals surface area contributed by atoms with E-state index >= 15 is 0 Å². The van der Waals surface area contributed by atoms with Gasteiger partial charge in [0.1, 0.15) is 15.9 Å². The van der Waals surface area contributed by atoms with Gasteiger partial charge in [0.15, 0.2) is 0 Å². The van der Waals surface area contributed by atoms with Crippen molar-refractivity contribution >= 4 is 66.9 Å². The maximum absolute atomic E-state index is 12.8. The highest BCUT2D eigenvalue weighted by molar-refractivity contribution is 7.22. The van der Waals surface area contributed by atoms with Crippen LogP contribution in [0.4, 0.5) is 5.00 Å². The molecule has 1 aliphatic carbocycles. The molecule has 25 heavy (non-hydrogen) atoms. The van der Waals surface area contributed by atoms with Gasteiger partial charge >= 0.3 is 0 Å². The van der Waals surface area contributed by atoms with Crippen LogP contribution in [0.25, 0.3) is 10.1 Å². The van der Waals surface area contributed by atoms with Gasteiger partial charge in [-0.25, -0.2) is 0 Å². The number of nitrogens with zero attached hydrogens (tertiary/aromatic N) is 1. The highest BCUT2D eigenvalue weighted by Gasteiger charge is 2.24. The molecule has 0 radical (unpaired) electrons. The summed E-state index contributed by atoms with van der Waals surface area (Å²) in [6, 6.07) is 7.73. The molecule has 0 saturated heterocycles. The molecule has 2 aromatic heterocycles. The summed E-state index contributed by atoms with van der Waals surface area (Å²) in [6.45, 7) is 0. The first-order valence-electron chi connectivity index (χ1n) is 7.82. The number of rotatable bonds is 2. The Morgan fingerprint density at radius 1 is 1.20 bits per heavy atom. The summed E-state index contributed by atoms with van der Waals surface area (Å²) in [5, 5.41) is 14.6. The smallest absolute Gasteiger partial charge is 0.267 e. The molecule has 2 heterocycles. The summed E-state index contributed by atoms with van der Waals surface area (Å²) in [6.07, 6.45) is 4.10. The molecule has 0 bridgehead atoms. The summed E-state index contributed by atoms with van der Waals surface area (Å²) in [5.41, 5.74) is 1.70. The highest BCUT2D eigenvalue weighted by atomic mass is 35.5. The van der Waals surface area contributed by atoms with Crippen LogP contribution in [0, 0.1) is 11.3 Å². The third kappa shape index (κ3) is 2.84. The lowest BCUT2D eigenvalue weighted by molar-refractivity contribution is 0.103. The van der Waals surface area contributed by atoms with Crippen LogP contribution in [-0.2, 0) is 12.8 Å². The SMILES string of the molecule is N#Cc1c(NC(=O)c2sc3cccc(Cl)c3c2Cl)sc2c1CCCC2. The van der Waals surface area contributed by atoms with E-state index in [0.717, 1.165) is 35.9 Å². The lowest BCUT2D eigenvalue weighted by Gasteiger charge is -2.09. The van der Waals surface area contributed by atoms with Crippen molar-refractivity contribution < 1.29 is 4.79 Å². The molecule has 126 valence electrons. The lowest BCUT2D eigenvalue weighted by Crippen LogP contribution is -2.10. The number of hydrogen-bond donors (Lipinski definition) is 1. The molecule has 0 spiro atoms. The van der Waals surface area contributed by atoms with Crippen molar-refractivity contribution in [3.05, 3.63) is 49.1 Å². The van der Waals surface area contributed by atoms with Crippen LogP contribution in [0.1, 0.15) is 38.5 Å². The van der Waals surface area contributed by atoms with E-state index in [1.165, 1.54) is 27.6 Å². The number of amides is 1. The van der Waals surface area contributed by atoms with Crippen LogP contribution in [0.3, 0.4) is 0 Å².